The number of hydrogen-bond donors (Lipinski definition) is 1. The molecule has 0 bridgehead atoms. The molecule has 0 aliphatic rings. The van der Waals surface area contributed by atoms with E-state index in [-0.39, 0.29) is 17.3 Å². The normalized spacial score (nSPS) is 11.4. The first-order valence-corrected chi connectivity index (χ1v) is 8.74. The Morgan fingerprint density at radius 3 is 2.43 bits per heavy atom. The van der Waals surface area contributed by atoms with Gasteiger partial charge in [-0.2, -0.15) is 0 Å². The smallest absolute Gasteiger partial charge is 0.341 e. The van der Waals surface area contributed by atoms with Gasteiger partial charge in [0.1, 0.15) is 0 Å². The number of nitrogens with zero attached hydrogens (tertiary/aromatic N) is 2. The fraction of sp³-hybridized carbons (Fsp3) is 0.263. The highest BCUT2D eigenvalue weighted by atomic mass is 35.5. The summed E-state index contributed by atoms with van der Waals surface area (Å²) in [5, 5.41) is 14.3. The van der Waals surface area contributed by atoms with E-state index in [1.54, 1.807) is 50.2 Å². The van der Waals surface area contributed by atoms with Crippen LogP contribution in [0.1, 0.15) is 28.9 Å². The van der Waals surface area contributed by atoms with Crippen molar-refractivity contribution in [2.75, 3.05) is 25.6 Å². The highest BCUT2D eigenvalue weighted by Crippen LogP contribution is 2.25. The van der Waals surface area contributed by atoms with Crippen LogP contribution in [0.15, 0.2) is 42.5 Å². The Hall–Kier alpha value is -3.13. The number of esters is 1. The van der Waals surface area contributed by atoms with Gasteiger partial charge in [0.2, 0.25) is 0 Å². The van der Waals surface area contributed by atoms with Gasteiger partial charge in [0.05, 0.1) is 22.2 Å². The Bertz CT molecular complexity index is 884. The van der Waals surface area contributed by atoms with Crippen LogP contribution in [0.5, 0.6) is 0 Å². The SMILES string of the molecule is CC(NC(=O)COC(=O)c1cc([N+](=O)[O-])ccc1N(C)C)c1ccc(Cl)cc1. The van der Waals surface area contributed by atoms with Crippen LogP contribution in [0.4, 0.5) is 11.4 Å². The molecule has 0 saturated heterocycles. The molecule has 0 saturated carbocycles. The second-order valence-corrected chi connectivity index (χ2v) is 6.71. The number of ether oxygens (including phenoxy) is 1. The molecule has 2 aromatic rings. The third-order valence-electron chi connectivity index (χ3n) is 3.97. The summed E-state index contributed by atoms with van der Waals surface area (Å²) >= 11 is 5.84. The van der Waals surface area contributed by atoms with Crippen LogP contribution in [0, 0.1) is 10.1 Å². The molecule has 1 unspecified atom stereocenters. The predicted octanol–water partition coefficient (Wildman–Crippen LogP) is 3.35. The zero-order valence-corrected chi connectivity index (χ0v) is 16.4. The number of carbonyl (C=O) groups excluding carboxylic acids is 2. The Morgan fingerprint density at radius 2 is 1.86 bits per heavy atom. The van der Waals surface area contributed by atoms with Crippen molar-refractivity contribution in [1.82, 2.24) is 5.32 Å². The summed E-state index contributed by atoms with van der Waals surface area (Å²) in [5.41, 5.74) is 1.07. The second kappa shape index (κ2) is 9.18. The molecule has 28 heavy (non-hydrogen) atoms. The van der Waals surface area contributed by atoms with E-state index in [0.717, 1.165) is 11.6 Å². The number of non-ortho nitro benzene ring substituents is 1. The van der Waals surface area contributed by atoms with Crippen LogP contribution in [0.2, 0.25) is 5.02 Å². The largest absolute Gasteiger partial charge is 0.452 e. The molecule has 8 nitrogen and oxygen atoms in total. The van der Waals surface area contributed by atoms with E-state index in [4.69, 9.17) is 16.3 Å². The summed E-state index contributed by atoms with van der Waals surface area (Å²) in [6.07, 6.45) is 0. The number of carbonyl (C=O) groups is 2. The maximum Gasteiger partial charge on any atom is 0.341 e. The molecule has 0 heterocycles. The first kappa shape index (κ1) is 21.2. The van der Waals surface area contributed by atoms with Crippen molar-refractivity contribution in [2.24, 2.45) is 0 Å². The molecule has 1 amide bonds. The summed E-state index contributed by atoms with van der Waals surface area (Å²) in [5.74, 6) is -1.31. The number of nitrogens with one attached hydrogen (secondary N) is 1. The molecule has 2 rings (SSSR count). The van der Waals surface area contributed by atoms with Crippen molar-refractivity contribution in [3.05, 3.63) is 68.7 Å². The number of nitro groups is 1. The van der Waals surface area contributed by atoms with Crippen LogP contribution < -0.4 is 10.2 Å². The molecular formula is C19H20ClN3O5. The van der Waals surface area contributed by atoms with E-state index in [1.807, 2.05) is 0 Å². The van der Waals surface area contributed by atoms with Crippen molar-refractivity contribution < 1.29 is 19.2 Å². The average Bonchev–Trinajstić information content (AvgIpc) is 2.65. The Morgan fingerprint density at radius 1 is 1.21 bits per heavy atom. The molecule has 148 valence electrons. The fourth-order valence-electron chi connectivity index (χ4n) is 2.52. The van der Waals surface area contributed by atoms with Crippen LogP contribution in [0.25, 0.3) is 0 Å². The molecule has 0 aliphatic carbocycles. The standard InChI is InChI=1S/C19H20ClN3O5/c1-12(13-4-6-14(20)7-5-13)21-18(24)11-28-19(25)16-10-15(23(26)27)8-9-17(16)22(2)3/h4-10,12H,11H2,1-3H3,(H,21,24). The zero-order chi connectivity index (χ0) is 20.8. The minimum Gasteiger partial charge on any atom is -0.452 e. The maximum atomic E-state index is 12.4. The molecule has 0 aromatic heterocycles. The first-order chi connectivity index (χ1) is 13.2. The van der Waals surface area contributed by atoms with Crippen molar-refractivity contribution in [3.8, 4) is 0 Å². The lowest BCUT2D eigenvalue weighted by Gasteiger charge is -2.17. The summed E-state index contributed by atoms with van der Waals surface area (Å²) in [6, 6.07) is 10.6. The van der Waals surface area contributed by atoms with Gasteiger partial charge in [0.15, 0.2) is 6.61 Å². The number of halogens is 1. The van der Waals surface area contributed by atoms with Crippen molar-refractivity contribution >= 4 is 34.9 Å². The van der Waals surface area contributed by atoms with Crippen LogP contribution in [-0.4, -0.2) is 37.5 Å². The zero-order valence-electron chi connectivity index (χ0n) is 15.6. The van der Waals surface area contributed by atoms with Crippen LogP contribution in [0.3, 0.4) is 0 Å². The fourth-order valence-corrected chi connectivity index (χ4v) is 2.64. The number of benzene rings is 2. The minimum atomic E-state index is -0.818. The van der Waals surface area contributed by atoms with Crippen LogP contribution >= 0.6 is 11.6 Å². The summed E-state index contributed by atoms with van der Waals surface area (Å²) in [7, 11) is 3.39. The Labute approximate surface area is 167 Å². The first-order valence-electron chi connectivity index (χ1n) is 8.36. The lowest BCUT2D eigenvalue weighted by atomic mass is 10.1. The topological polar surface area (TPSA) is 102 Å². The average molecular weight is 406 g/mol. The van der Waals surface area contributed by atoms with Gasteiger partial charge in [0, 0.05) is 31.3 Å². The Balaban J connectivity index is 2.02. The maximum absolute atomic E-state index is 12.4. The van der Waals surface area contributed by atoms with Gasteiger partial charge in [-0.05, 0) is 30.7 Å². The second-order valence-electron chi connectivity index (χ2n) is 6.27. The molecule has 0 fully saturated rings. The highest BCUT2D eigenvalue weighted by molar-refractivity contribution is 6.30. The van der Waals surface area contributed by atoms with Gasteiger partial charge in [-0.1, -0.05) is 23.7 Å². The third kappa shape index (κ3) is 5.43. The van der Waals surface area contributed by atoms with Gasteiger partial charge in [0.25, 0.3) is 11.6 Å². The van der Waals surface area contributed by atoms with E-state index < -0.39 is 23.4 Å². The lowest BCUT2D eigenvalue weighted by Crippen LogP contribution is -2.31. The van der Waals surface area contributed by atoms with E-state index in [2.05, 4.69) is 5.32 Å². The summed E-state index contributed by atoms with van der Waals surface area (Å²) < 4.78 is 5.05. The number of hydrogen-bond acceptors (Lipinski definition) is 6. The quantitative estimate of drug-likeness (QED) is 0.430. The monoisotopic (exact) mass is 405 g/mol. The number of anilines is 1. The van der Waals surface area contributed by atoms with Gasteiger partial charge in [-0.3, -0.25) is 14.9 Å². The lowest BCUT2D eigenvalue weighted by molar-refractivity contribution is -0.384. The van der Waals surface area contributed by atoms with Gasteiger partial charge < -0.3 is 15.0 Å². The molecular weight excluding hydrogens is 386 g/mol. The third-order valence-corrected chi connectivity index (χ3v) is 4.23. The molecule has 0 aliphatic heterocycles. The number of rotatable bonds is 7. The van der Waals surface area contributed by atoms with E-state index in [0.29, 0.717) is 10.7 Å². The van der Waals surface area contributed by atoms with Crippen molar-refractivity contribution in [3.63, 3.8) is 0 Å². The highest BCUT2D eigenvalue weighted by Gasteiger charge is 2.20. The molecule has 0 spiro atoms. The van der Waals surface area contributed by atoms with Crippen molar-refractivity contribution in [2.45, 2.75) is 13.0 Å². The van der Waals surface area contributed by atoms with Gasteiger partial charge in [-0.15, -0.1) is 0 Å². The summed E-state index contributed by atoms with van der Waals surface area (Å²) in [6.45, 7) is 1.28. The minimum absolute atomic E-state index is 0.0118. The molecule has 9 heteroatoms. The van der Waals surface area contributed by atoms with Crippen molar-refractivity contribution in [1.29, 1.82) is 0 Å². The van der Waals surface area contributed by atoms with Gasteiger partial charge >= 0.3 is 5.97 Å². The Kier molecular flexibility index (Phi) is 6.94. The number of nitro benzene ring substituents is 1. The summed E-state index contributed by atoms with van der Waals surface area (Å²) in [4.78, 5) is 36.5. The van der Waals surface area contributed by atoms with E-state index >= 15 is 0 Å². The van der Waals surface area contributed by atoms with E-state index in [1.165, 1.54) is 12.1 Å². The van der Waals surface area contributed by atoms with Crippen LogP contribution in [-0.2, 0) is 9.53 Å². The van der Waals surface area contributed by atoms with E-state index in [9.17, 15) is 19.7 Å². The molecule has 1 N–H and O–H groups in total. The predicted molar refractivity (Wildman–Crippen MR) is 106 cm³/mol. The molecule has 1 atom stereocenters. The number of amides is 1. The molecule has 2 aromatic carbocycles. The van der Waals surface area contributed by atoms with Gasteiger partial charge in [-0.25, -0.2) is 4.79 Å². The molecule has 0 radical (unpaired) electrons.